The van der Waals surface area contributed by atoms with Gasteiger partial charge in [0.05, 0.1) is 16.8 Å². The van der Waals surface area contributed by atoms with Gasteiger partial charge in [0.25, 0.3) is 0 Å². The molecule has 2 fully saturated rings. The maximum Gasteiger partial charge on any atom is 1.00 e. The minimum absolute atomic E-state index is 0. The summed E-state index contributed by atoms with van der Waals surface area (Å²) >= 11 is 0. The van der Waals surface area contributed by atoms with E-state index in [2.05, 4.69) is 9.98 Å². The monoisotopic (exact) mass is 282 g/mol. The molecule has 0 amide bonds. The van der Waals surface area contributed by atoms with Crippen molar-refractivity contribution in [1.29, 1.82) is 0 Å². The standard InChI is InChI=1S/C8H4B2N3O6.Na/c14-6(15)3-1-4(13(16)17)5(11-2-3)12-8-10(19-8)7-9-18-7;/h1-2,7H,(H,14,15);/q;+1/p-1. The molecular formula is C8H3B2N3NaO6. The predicted octanol–water partition coefficient (Wildman–Crippen LogP) is -4.54. The van der Waals surface area contributed by atoms with Gasteiger partial charge in [-0.05, 0) is 0 Å². The van der Waals surface area contributed by atoms with E-state index in [1.807, 2.05) is 0 Å². The van der Waals surface area contributed by atoms with Crippen molar-refractivity contribution >= 4 is 37.7 Å². The number of nitrogens with zero attached hydrogens (tertiary/aromatic N) is 3. The molecule has 1 atom stereocenters. The second-order valence-corrected chi connectivity index (χ2v) is 3.84. The van der Waals surface area contributed by atoms with Crippen molar-refractivity contribution < 1.29 is 53.7 Å². The van der Waals surface area contributed by atoms with Crippen molar-refractivity contribution in [2.75, 3.05) is 0 Å². The zero-order valence-electron chi connectivity index (χ0n) is 10.2. The summed E-state index contributed by atoms with van der Waals surface area (Å²) in [6, 6.07) is 0.846. The van der Waals surface area contributed by atoms with Crippen molar-refractivity contribution in [3.63, 3.8) is 0 Å². The van der Waals surface area contributed by atoms with Gasteiger partial charge in [0, 0.05) is 17.8 Å². The van der Waals surface area contributed by atoms with Crippen LogP contribution >= 0.6 is 0 Å². The summed E-state index contributed by atoms with van der Waals surface area (Å²) in [6.45, 7) is -0.331. The number of pyridine rings is 1. The molecule has 2 aliphatic rings. The molecule has 0 bridgehead atoms. The predicted molar refractivity (Wildman–Crippen MR) is 59.8 cm³/mol. The molecule has 0 N–H and O–H groups in total. The van der Waals surface area contributed by atoms with Gasteiger partial charge in [-0.15, -0.1) is 0 Å². The Morgan fingerprint density at radius 3 is 2.85 bits per heavy atom. The number of rotatable bonds is 4. The zero-order valence-corrected chi connectivity index (χ0v) is 12.2. The number of carbonyl (C=O) groups excluding carboxylic acids is 1. The number of hydrogen-bond acceptors (Lipinski definition) is 8. The Hall–Kier alpha value is -1.42. The third-order valence-corrected chi connectivity index (χ3v) is 2.52. The number of carbonyl (C=O) groups is 1. The summed E-state index contributed by atoms with van der Waals surface area (Å²) in [5.74, 6) is -1.65. The molecule has 1 radical (unpaired) electrons. The van der Waals surface area contributed by atoms with Crippen molar-refractivity contribution in [3.8, 4) is 0 Å². The summed E-state index contributed by atoms with van der Waals surface area (Å²) < 4.78 is 9.92. The Morgan fingerprint density at radius 2 is 2.30 bits per heavy atom. The topological polar surface area (TPSA) is 134 Å². The molecule has 2 aliphatic heterocycles. The van der Waals surface area contributed by atoms with Crippen LogP contribution in [-0.2, 0) is 9.31 Å². The van der Waals surface area contributed by atoms with E-state index in [0.29, 0.717) is 0 Å². The molecule has 93 valence electrons. The van der Waals surface area contributed by atoms with Crippen LogP contribution in [0.1, 0.15) is 10.4 Å². The van der Waals surface area contributed by atoms with E-state index >= 15 is 0 Å². The van der Waals surface area contributed by atoms with Gasteiger partial charge in [-0.2, -0.15) is 4.99 Å². The molecule has 20 heavy (non-hydrogen) atoms. The Labute approximate surface area is 135 Å². The van der Waals surface area contributed by atoms with Gasteiger partial charge in [0.1, 0.15) is 0 Å². The van der Waals surface area contributed by atoms with Crippen LogP contribution in [0.5, 0.6) is 0 Å². The first-order valence-corrected chi connectivity index (χ1v) is 5.16. The fourth-order valence-corrected chi connectivity index (χ4v) is 1.46. The molecule has 0 aromatic carbocycles. The average molecular weight is 282 g/mol. The molecule has 3 rings (SSSR count). The van der Waals surface area contributed by atoms with Crippen LogP contribution in [0.2, 0.25) is 0 Å². The number of aliphatic imine (C=N–C) groups is 1. The van der Waals surface area contributed by atoms with Gasteiger partial charge in [-0.1, -0.05) is 0 Å². The van der Waals surface area contributed by atoms with Gasteiger partial charge < -0.3 is 19.2 Å². The summed E-state index contributed by atoms with van der Waals surface area (Å²) in [6.07, 6.45) is 0.943. The number of nitro groups is 1. The molecule has 1 aromatic rings. The largest absolute Gasteiger partial charge is 1.00 e. The van der Waals surface area contributed by atoms with Crippen LogP contribution in [-0.4, -0.2) is 42.0 Å². The van der Waals surface area contributed by atoms with E-state index in [9.17, 15) is 20.0 Å². The first-order valence-electron chi connectivity index (χ1n) is 5.16. The summed E-state index contributed by atoms with van der Waals surface area (Å²) in [7, 11) is 1.55. The van der Waals surface area contributed by atoms with E-state index in [-0.39, 0.29) is 59.6 Å². The van der Waals surface area contributed by atoms with Gasteiger partial charge >= 0.3 is 49.6 Å². The summed E-state index contributed by atoms with van der Waals surface area (Å²) in [5, 5.41) is 21.5. The Morgan fingerprint density at radius 1 is 1.60 bits per heavy atom. The normalized spacial score (nSPS) is 20.5. The zero-order chi connectivity index (χ0) is 13.6. The van der Waals surface area contributed by atoms with Gasteiger partial charge in [0.2, 0.25) is 5.82 Å². The van der Waals surface area contributed by atoms with Crippen LogP contribution in [0.4, 0.5) is 11.5 Å². The molecule has 12 heteroatoms. The van der Waals surface area contributed by atoms with E-state index in [1.165, 1.54) is 0 Å². The molecule has 0 saturated carbocycles. The van der Waals surface area contributed by atoms with E-state index in [0.717, 1.165) is 12.3 Å². The molecule has 0 aliphatic carbocycles. The number of hydrogen-bond donors (Lipinski definition) is 0. The first kappa shape index (κ1) is 15.0. The minimum atomic E-state index is -1.55. The second kappa shape index (κ2) is 5.52. The molecule has 0 spiro atoms. The molecular weight excluding hydrogens is 279 g/mol. The quantitative estimate of drug-likeness (QED) is 0.235. The van der Waals surface area contributed by atoms with Crippen LogP contribution in [0, 0.1) is 10.1 Å². The van der Waals surface area contributed by atoms with Crippen molar-refractivity contribution in [2.45, 2.75) is 5.90 Å². The molecule has 1 unspecified atom stereocenters. The second-order valence-electron chi connectivity index (χ2n) is 3.84. The van der Waals surface area contributed by atoms with Crippen LogP contribution < -0.4 is 34.7 Å². The fraction of sp³-hybridized carbons (Fsp3) is 0.125. The number of carboxylic acid groups (broad SMARTS) is 1. The minimum Gasteiger partial charge on any atom is -0.545 e. The molecule has 3 heterocycles. The maximum absolute atomic E-state index is 10.8. The van der Waals surface area contributed by atoms with E-state index in [1.54, 1.807) is 7.48 Å². The summed E-state index contributed by atoms with van der Waals surface area (Å²) in [4.78, 5) is 28.2. The van der Waals surface area contributed by atoms with Crippen molar-refractivity contribution in [3.05, 3.63) is 27.9 Å². The Balaban J connectivity index is 0.00000147. The molecule has 9 nitrogen and oxygen atoms in total. The first-order chi connectivity index (χ1) is 9.06. The Kier molecular flexibility index (Phi) is 4.14. The smallest absolute Gasteiger partial charge is 0.545 e. The third kappa shape index (κ3) is 3.01. The maximum atomic E-state index is 10.8. The van der Waals surface area contributed by atoms with Crippen LogP contribution in [0.25, 0.3) is 0 Å². The Bertz CT molecular complexity index is 622. The number of aromatic carboxylic acids is 1. The van der Waals surface area contributed by atoms with Gasteiger partial charge in [-0.25, -0.2) is 4.98 Å². The number of carboxylic acids is 1. The van der Waals surface area contributed by atoms with E-state index in [4.69, 9.17) is 9.31 Å². The fourth-order valence-electron chi connectivity index (χ4n) is 1.46. The number of aromatic nitrogens is 1. The molecule has 2 saturated heterocycles. The third-order valence-electron chi connectivity index (χ3n) is 2.52. The SMILES string of the molecule is O=C([O-])c1cnc(N=C2OB2C2[B]O2)c([N+](=O)[O-])c1.[Na+]. The van der Waals surface area contributed by atoms with Crippen molar-refractivity contribution in [1.82, 2.24) is 4.98 Å². The van der Waals surface area contributed by atoms with Crippen molar-refractivity contribution in [2.24, 2.45) is 4.99 Å². The van der Waals surface area contributed by atoms with Gasteiger partial charge in [-0.3, -0.25) is 10.1 Å². The van der Waals surface area contributed by atoms with Gasteiger partial charge in [0.15, 0.2) is 5.80 Å². The van der Waals surface area contributed by atoms with Crippen LogP contribution in [0.3, 0.4) is 0 Å². The average Bonchev–Trinajstić information content (AvgIpc) is 3.22. The molecule has 1 aromatic heterocycles. The van der Waals surface area contributed by atoms with E-state index < -0.39 is 16.6 Å². The summed E-state index contributed by atoms with van der Waals surface area (Å²) in [5.41, 5.74) is -0.910. The van der Waals surface area contributed by atoms with Crippen LogP contribution in [0.15, 0.2) is 17.3 Å².